The highest BCUT2D eigenvalue weighted by Gasteiger charge is 2.37. The van der Waals surface area contributed by atoms with Crippen LogP contribution in [0.4, 0.5) is 0 Å². The van der Waals surface area contributed by atoms with Crippen molar-refractivity contribution in [2.75, 3.05) is 13.1 Å². The van der Waals surface area contributed by atoms with Gasteiger partial charge in [0.25, 0.3) is 0 Å². The molecule has 1 aliphatic rings. The molecule has 1 fully saturated rings. The molecule has 1 heterocycles. The maximum atomic E-state index is 4.36. The molecular weight excluding hydrogens is 196 g/mol. The van der Waals surface area contributed by atoms with Crippen molar-refractivity contribution in [2.45, 2.75) is 33.1 Å². The molecule has 1 aliphatic carbocycles. The van der Waals surface area contributed by atoms with Gasteiger partial charge < -0.3 is 5.32 Å². The van der Waals surface area contributed by atoms with E-state index < -0.39 is 0 Å². The minimum atomic E-state index is 0.748. The number of aryl methyl sites for hydroxylation is 1. The Bertz CT molecular complexity index is 329. The smallest absolute Gasteiger partial charge is 0.0372 e. The van der Waals surface area contributed by atoms with Crippen molar-refractivity contribution in [3.05, 3.63) is 29.6 Å². The van der Waals surface area contributed by atoms with Crippen molar-refractivity contribution in [3.63, 3.8) is 0 Å². The van der Waals surface area contributed by atoms with E-state index in [2.05, 4.69) is 36.3 Å². The standard InChI is InChI=1S/C14H22N2/c1-10(2)7-15-8-13-6-14(13)12-5-4-11(3)16-9-12/h4-5,9-10,13-15H,6-8H2,1-3H3. The summed E-state index contributed by atoms with van der Waals surface area (Å²) in [4.78, 5) is 4.36. The van der Waals surface area contributed by atoms with Crippen molar-refractivity contribution >= 4 is 0 Å². The normalized spacial score (nSPS) is 23.8. The van der Waals surface area contributed by atoms with Crippen LogP contribution in [0, 0.1) is 18.8 Å². The first kappa shape index (κ1) is 11.6. The lowest BCUT2D eigenvalue weighted by Gasteiger charge is -2.06. The molecule has 0 radical (unpaired) electrons. The lowest BCUT2D eigenvalue weighted by atomic mass is 10.1. The van der Waals surface area contributed by atoms with Gasteiger partial charge in [0, 0.05) is 11.9 Å². The molecule has 88 valence electrons. The van der Waals surface area contributed by atoms with E-state index >= 15 is 0 Å². The average molecular weight is 218 g/mol. The predicted octanol–water partition coefficient (Wildman–Crippen LogP) is 2.74. The summed E-state index contributed by atoms with van der Waals surface area (Å²) in [5.41, 5.74) is 2.53. The average Bonchev–Trinajstić information content (AvgIpc) is 2.98. The summed E-state index contributed by atoms with van der Waals surface area (Å²) in [6.45, 7) is 8.84. The van der Waals surface area contributed by atoms with E-state index in [4.69, 9.17) is 0 Å². The topological polar surface area (TPSA) is 24.9 Å². The number of nitrogens with zero attached hydrogens (tertiary/aromatic N) is 1. The van der Waals surface area contributed by atoms with Crippen LogP contribution in [0.15, 0.2) is 18.3 Å². The second kappa shape index (κ2) is 4.96. The molecule has 2 atom stereocenters. The van der Waals surface area contributed by atoms with E-state index in [9.17, 15) is 0 Å². The minimum Gasteiger partial charge on any atom is -0.316 e. The Morgan fingerprint density at radius 3 is 2.88 bits per heavy atom. The molecule has 0 bridgehead atoms. The van der Waals surface area contributed by atoms with Crippen LogP contribution in [0.1, 0.15) is 37.4 Å². The zero-order valence-electron chi connectivity index (χ0n) is 10.5. The van der Waals surface area contributed by atoms with Crippen molar-refractivity contribution in [3.8, 4) is 0 Å². The predicted molar refractivity (Wildman–Crippen MR) is 67.5 cm³/mol. The minimum absolute atomic E-state index is 0.748. The first-order valence-corrected chi connectivity index (χ1v) is 6.30. The van der Waals surface area contributed by atoms with Gasteiger partial charge in [-0.25, -0.2) is 0 Å². The van der Waals surface area contributed by atoms with Gasteiger partial charge in [0.1, 0.15) is 0 Å². The Kier molecular flexibility index (Phi) is 3.59. The van der Waals surface area contributed by atoms with Crippen LogP contribution in [0.2, 0.25) is 0 Å². The SMILES string of the molecule is Cc1ccc(C2CC2CNCC(C)C)cn1. The third kappa shape index (κ3) is 3.05. The first-order valence-electron chi connectivity index (χ1n) is 6.30. The fourth-order valence-electron chi connectivity index (χ4n) is 2.14. The van der Waals surface area contributed by atoms with Crippen LogP contribution >= 0.6 is 0 Å². The molecule has 0 aliphatic heterocycles. The van der Waals surface area contributed by atoms with E-state index in [1.54, 1.807) is 0 Å². The van der Waals surface area contributed by atoms with E-state index in [1.807, 2.05) is 13.1 Å². The lowest BCUT2D eigenvalue weighted by molar-refractivity contribution is 0.532. The van der Waals surface area contributed by atoms with Crippen molar-refractivity contribution in [1.82, 2.24) is 10.3 Å². The molecule has 1 saturated carbocycles. The van der Waals surface area contributed by atoms with Crippen LogP contribution < -0.4 is 5.32 Å². The number of hydrogen-bond donors (Lipinski definition) is 1. The zero-order valence-corrected chi connectivity index (χ0v) is 10.5. The second-order valence-corrected chi connectivity index (χ2v) is 5.39. The zero-order chi connectivity index (χ0) is 11.5. The molecule has 2 unspecified atom stereocenters. The van der Waals surface area contributed by atoms with Gasteiger partial charge in [-0.3, -0.25) is 4.98 Å². The molecule has 16 heavy (non-hydrogen) atoms. The highest BCUT2D eigenvalue weighted by Crippen LogP contribution is 2.46. The van der Waals surface area contributed by atoms with Crippen LogP contribution in [-0.2, 0) is 0 Å². The number of nitrogens with one attached hydrogen (secondary N) is 1. The molecule has 0 amide bonds. The summed E-state index contributed by atoms with van der Waals surface area (Å²) in [6, 6.07) is 4.35. The molecule has 2 rings (SSSR count). The number of aromatic nitrogens is 1. The van der Waals surface area contributed by atoms with E-state index in [1.165, 1.54) is 12.0 Å². The van der Waals surface area contributed by atoms with Crippen LogP contribution in [0.3, 0.4) is 0 Å². The van der Waals surface area contributed by atoms with E-state index in [0.717, 1.165) is 36.5 Å². The number of pyridine rings is 1. The van der Waals surface area contributed by atoms with Gasteiger partial charge in [0.15, 0.2) is 0 Å². The van der Waals surface area contributed by atoms with Gasteiger partial charge in [0.2, 0.25) is 0 Å². The monoisotopic (exact) mass is 218 g/mol. The first-order chi connectivity index (χ1) is 7.66. The molecule has 1 aromatic rings. The highest BCUT2D eigenvalue weighted by atomic mass is 14.9. The number of rotatable bonds is 5. The Balaban J connectivity index is 1.76. The lowest BCUT2D eigenvalue weighted by Crippen LogP contribution is -2.22. The Hall–Kier alpha value is -0.890. The van der Waals surface area contributed by atoms with Crippen LogP contribution in [0.5, 0.6) is 0 Å². The molecule has 0 aromatic carbocycles. The van der Waals surface area contributed by atoms with Crippen LogP contribution in [0.25, 0.3) is 0 Å². The fourth-order valence-corrected chi connectivity index (χ4v) is 2.14. The molecule has 1 aromatic heterocycles. The fraction of sp³-hybridized carbons (Fsp3) is 0.643. The van der Waals surface area contributed by atoms with Gasteiger partial charge in [-0.2, -0.15) is 0 Å². The van der Waals surface area contributed by atoms with Gasteiger partial charge in [0.05, 0.1) is 0 Å². The summed E-state index contributed by atoms with van der Waals surface area (Å²) in [7, 11) is 0. The second-order valence-electron chi connectivity index (χ2n) is 5.39. The van der Waals surface area contributed by atoms with E-state index in [0.29, 0.717) is 0 Å². The van der Waals surface area contributed by atoms with Gasteiger partial charge in [-0.05, 0) is 55.8 Å². The van der Waals surface area contributed by atoms with Crippen LogP contribution in [-0.4, -0.2) is 18.1 Å². The quantitative estimate of drug-likeness (QED) is 0.822. The van der Waals surface area contributed by atoms with Gasteiger partial charge >= 0.3 is 0 Å². The summed E-state index contributed by atoms with van der Waals surface area (Å²) >= 11 is 0. The van der Waals surface area contributed by atoms with Crippen molar-refractivity contribution in [1.29, 1.82) is 0 Å². The molecule has 2 nitrogen and oxygen atoms in total. The summed E-state index contributed by atoms with van der Waals surface area (Å²) in [5, 5.41) is 3.54. The third-order valence-corrected chi connectivity index (χ3v) is 3.24. The molecule has 0 saturated heterocycles. The summed E-state index contributed by atoms with van der Waals surface area (Å²) in [6.07, 6.45) is 3.37. The maximum Gasteiger partial charge on any atom is 0.0372 e. The van der Waals surface area contributed by atoms with E-state index in [-0.39, 0.29) is 0 Å². The summed E-state index contributed by atoms with van der Waals surface area (Å²) in [5.74, 6) is 2.34. The van der Waals surface area contributed by atoms with Gasteiger partial charge in [-0.1, -0.05) is 19.9 Å². The van der Waals surface area contributed by atoms with Crippen molar-refractivity contribution in [2.24, 2.45) is 11.8 Å². The highest BCUT2D eigenvalue weighted by molar-refractivity contribution is 5.24. The molecule has 2 heteroatoms. The van der Waals surface area contributed by atoms with Crippen molar-refractivity contribution < 1.29 is 0 Å². The Morgan fingerprint density at radius 1 is 1.44 bits per heavy atom. The Labute approximate surface area is 98.5 Å². The third-order valence-electron chi connectivity index (χ3n) is 3.24. The summed E-state index contributed by atoms with van der Waals surface area (Å²) < 4.78 is 0. The maximum absolute atomic E-state index is 4.36. The molecular formula is C14H22N2. The molecule has 1 N–H and O–H groups in total. The Morgan fingerprint density at radius 2 is 2.25 bits per heavy atom. The largest absolute Gasteiger partial charge is 0.316 e. The number of hydrogen-bond acceptors (Lipinski definition) is 2. The van der Waals surface area contributed by atoms with Gasteiger partial charge in [-0.15, -0.1) is 0 Å². The molecule has 0 spiro atoms.